The molecule has 0 atom stereocenters. The van der Waals surface area contributed by atoms with Crippen molar-refractivity contribution in [3.8, 4) is 5.75 Å². The number of benzene rings is 1. The minimum atomic E-state index is 0.641. The van der Waals surface area contributed by atoms with Crippen molar-refractivity contribution >= 4 is 11.8 Å². The van der Waals surface area contributed by atoms with Gasteiger partial charge in [0.05, 0.1) is 12.3 Å². The maximum Gasteiger partial charge on any atom is 0.240 e. The molecule has 0 saturated heterocycles. The van der Waals surface area contributed by atoms with E-state index >= 15 is 0 Å². The number of aliphatic imine (C=N–C) groups is 1. The summed E-state index contributed by atoms with van der Waals surface area (Å²) in [6.45, 7) is 6.60. The topological polar surface area (TPSA) is 38.7 Å². The van der Waals surface area contributed by atoms with Crippen LogP contribution in [0, 0.1) is 6.92 Å². The zero-order valence-corrected chi connectivity index (χ0v) is 9.33. The highest BCUT2D eigenvalue weighted by molar-refractivity contribution is 5.56. The minimum Gasteiger partial charge on any atom is -0.493 e. The highest BCUT2D eigenvalue weighted by atomic mass is 16.5. The van der Waals surface area contributed by atoms with Gasteiger partial charge in [0.25, 0.3) is 0 Å². The standard InChI is InChI=1S/C12H15NO2/c1-4-10-7-11(13-8-14)6-9(3)12(10)15-5-2/h6-7H,4-5H2,1-3H3. The second-order valence-electron chi connectivity index (χ2n) is 3.24. The van der Waals surface area contributed by atoms with Gasteiger partial charge in [-0.3, -0.25) is 0 Å². The molecule has 1 aromatic rings. The highest BCUT2D eigenvalue weighted by Gasteiger charge is 2.07. The molecule has 0 heterocycles. The fourth-order valence-corrected chi connectivity index (χ4v) is 1.56. The molecular formula is C12H15NO2. The monoisotopic (exact) mass is 205 g/mol. The van der Waals surface area contributed by atoms with Crippen molar-refractivity contribution in [1.82, 2.24) is 0 Å². The van der Waals surface area contributed by atoms with E-state index < -0.39 is 0 Å². The van der Waals surface area contributed by atoms with Gasteiger partial charge >= 0.3 is 0 Å². The summed E-state index contributed by atoms with van der Waals surface area (Å²) in [5.41, 5.74) is 2.72. The van der Waals surface area contributed by atoms with Crippen molar-refractivity contribution in [2.45, 2.75) is 27.2 Å². The lowest BCUT2D eigenvalue weighted by Gasteiger charge is -2.12. The van der Waals surface area contributed by atoms with Crippen LogP contribution in [0.2, 0.25) is 0 Å². The van der Waals surface area contributed by atoms with Crippen molar-refractivity contribution in [2.75, 3.05) is 6.61 Å². The van der Waals surface area contributed by atoms with Gasteiger partial charge in [-0.05, 0) is 43.5 Å². The molecule has 0 aromatic heterocycles. The number of aryl methyl sites for hydroxylation is 2. The molecule has 1 aromatic carbocycles. The van der Waals surface area contributed by atoms with Gasteiger partial charge < -0.3 is 4.74 Å². The fourth-order valence-electron chi connectivity index (χ4n) is 1.56. The Morgan fingerprint density at radius 1 is 1.40 bits per heavy atom. The zero-order valence-electron chi connectivity index (χ0n) is 9.33. The maximum absolute atomic E-state index is 10.2. The third-order valence-electron chi connectivity index (χ3n) is 2.18. The molecule has 15 heavy (non-hydrogen) atoms. The van der Waals surface area contributed by atoms with E-state index in [1.165, 1.54) is 0 Å². The minimum absolute atomic E-state index is 0.641. The van der Waals surface area contributed by atoms with Crippen LogP contribution >= 0.6 is 0 Å². The van der Waals surface area contributed by atoms with E-state index in [1.807, 2.05) is 32.9 Å². The SMILES string of the molecule is CCOc1c(C)cc(N=C=O)cc1CC. The lowest BCUT2D eigenvalue weighted by atomic mass is 10.1. The number of hydrogen-bond donors (Lipinski definition) is 0. The van der Waals surface area contributed by atoms with E-state index in [1.54, 1.807) is 6.08 Å². The Labute approximate surface area is 89.8 Å². The molecule has 0 fully saturated rings. The average molecular weight is 205 g/mol. The van der Waals surface area contributed by atoms with Crippen molar-refractivity contribution in [2.24, 2.45) is 4.99 Å². The summed E-state index contributed by atoms with van der Waals surface area (Å²) in [4.78, 5) is 13.8. The number of hydrogen-bond acceptors (Lipinski definition) is 3. The summed E-state index contributed by atoms with van der Waals surface area (Å²) < 4.78 is 5.55. The largest absolute Gasteiger partial charge is 0.493 e. The number of isocyanates is 1. The molecule has 0 aliphatic carbocycles. The second-order valence-corrected chi connectivity index (χ2v) is 3.24. The van der Waals surface area contributed by atoms with Gasteiger partial charge in [-0.15, -0.1) is 0 Å². The Balaban J connectivity index is 3.23. The van der Waals surface area contributed by atoms with Crippen LogP contribution in [0.3, 0.4) is 0 Å². The van der Waals surface area contributed by atoms with Crippen molar-refractivity contribution < 1.29 is 9.53 Å². The number of nitrogens with zero attached hydrogens (tertiary/aromatic N) is 1. The van der Waals surface area contributed by atoms with E-state index in [9.17, 15) is 4.79 Å². The van der Waals surface area contributed by atoms with E-state index in [0.717, 1.165) is 23.3 Å². The van der Waals surface area contributed by atoms with Crippen LogP contribution in [-0.4, -0.2) is 12.7 Å². The van der Waals surface area contributed by atoms with Crippen molar-refractivity contribution in [3.05, 3.63) is 23.3 Å². The summed E-state index contributed by atoms with van der Waals surface area (Å²) in [5, 5.41) is 0. The van der Waals surface area contributed by atoms with Crippen molar-refractivity contribution in [3.63, 3.8) is 0 Å². The van der Waals surface area contributed by atoms with E-state index in [0.29, 0.717) is 12.3 Å². The Morgan fingerprint density at radius 2 is 2.13 bits per heavy atom. The number of rotatable bonds is 4. The smallest absolute Gasteiger partial charge is 0.240 e. The quantitative estimate of drug-likeness (QED) is 0.560. The summed E-state index contributed by atoms with van der Waals surface area (Å²) in [6, 6.07) is 3.69. The molecule has 0 N–H and O–H groups in total. The Bertz CT molecular complexity index is 393. The third kappa shape index (κ3) is 2.67. The van der Waals surface area contributed by atoms with E-state index in [-0.39, 0.29) is 0 Å². The van der Waals surface area contributed by atoms with Crippen LogP contribution in [0.25, 0.3) is 0 Å². The van der Waals surface area contributed by atoms with Crippen LogP contribution in [0.5, 0.6) is 5.75 Å². The summed E-state index contributed by atoms with van der Waals surface area (Å²) in [6.07, 6.45) is 2.41. The van der Waals surface area contributed by atoms with Crippen LogP contribution in [0.4, 0.5) is 5.69 Å². The van der Waals surface area contributed by atoms with Crippen LogP contribution in [0.1, 0.15) is 25.0 Å². The van der Waals surface area contributed by atoms with Crippen molar-refractivity contribution in [1.29, 1.82) is 0 Å². The predicted octanol–water partition coefficient (Wildman–Crippen LogP) is 2.92. The molecule has 3 heteroatoms. The second kappa shape index (κ2) is 5.32. The Kier molecular flexibility index (Phi) is 4.07. The van der Waals surface area contributed by atoms with Crippen LogP contribution in [0.15, 0.2) is 17.1 Å². The molecule has 0 radical (unpaired) electrons. The van der Waals surface area contributed by atoms with Gasteiger partial charge in [0.15, 0.2) is 0 Å². The molecule has 0 spiro atoms. The molecule has 0 aliphatic rings. The van der Waals surface area contributed by atoms with Crippen LogP contribution < -0.4 is 4.74 Å². The first-order chi connectivity index (χ1) is 7.22. The number of carbonyl (C=O) groups excluding carboxylic acids is 1. The molecule has 0 unspecified atom stereocenters. The first-order valence-electron chi connectivity index (χ1n) is 5.07. The van der Waals surface area contributed by atoms with E-state index in [4.69, 9.17) is 4.74 Å². The molecule has 0 saturated carbocycles. The molecule has 1 rings (SSSR count). The van der Waals surface area contributed by atoms with Gasteiger partial charge in [0, 0.05) is 0 Å². The van der Waals surface area contributed by atoms with Gasteiger partial charge in [-0.25, -0.2) is 4.79 Å². The first-order valence-corrected chi connectivity index (χ1v) is 5.07. The summed E-state index contributed by atoms with van der Waals surface area (Å²) >= 11 is 0. The first kappa shape index (κ1) is 11.5. The van der Waals surface area contributed by atoms with Gasteiger partial charge in [0.1, 0.15) is 5.75 Å². The average Bonchev–Trinajstić information content (AvgIpc) is 2.22. The zero-order chi connectivity index (χ0) is 11.3. The third-order valence-corrected chi connectivity index (χ3v) is 2.18. The van der Waals surface area contributed by atoms with E-state index in [2.05, 4.69) is 4.99 Å². The predicted molar refractivity (Wildman–Crippen MR) is 59.5 cm³/mol. The summed E-state index contributed by atoms with van der Waals surface area (Å²) in [7, 11) is 0. The molecule has 80 valence electrons. The molecular weight excluding hydrogens is 190 g/mol. The molecule has 0 amide bonds. The Morgan fingerprint density at radius 3 is 2.67 bits per heavy atom. The van der Waals surface area contributed by atoms with Gasteiger partial charge in [0.2, 0.25) is 6.08 Å². The summed E-state index contributed by atoms with van der Waals surface area (Å²) in [5.74, 6) is 0.907. The Hall–Kier alpha value is -1.60. The molecule has 3 nitrogen and oxygen atoms in total. The van der Waals surface area contributed by atoms with Crippen LogP contribution in [-0.2, 0) is 11.2 Å². The highest BCUT2D eigenvalue weighted by Crippen LogP contribution is 2.29. The fraction of sp³-hybridized carbons (Fsp3) is 0.417. The lowest BCUT2D eigenvalue weighted by Crippen LogP contribution is -1.98. The van der Waals surface area contributed by atoms with Gasteiger partial charge in [-0.2, -0.15) is 4.99 Å². The molecule has 0 aliphatic heterocycles. The normalized spacial score (nSPS) is 9.53. The van der Waals surface area contributed by atoms with Gasteiger partial charge in [-0.1, -0.05) is 6.92 Å². The number of ether oxygens (including phenoxy) is 1. The lowest BCUT2D eigenvalue weighted by molar-refractivity contribution is 0.334. The maximum atomic E-state index is 10.2. The molecule has 0 bridgehead atoms.